The molecule has 1 N–H and O–H groups in total. The molecule has 1 aromatic carbocycles. The van der Waals surface area contributed by atoms with Crippen molar-refractivity contribution in [1.29, 1.82) is 0 Å². The molecule has 1 heterocycles. The Hall–Kier alpha value is -1.68. The van der Waals surface area contributed by atoms with Gasteiger partial charge in [-0.25, -0.2) is 4.79 Å². The summed E-state index contributed by atoms with van der Waals surface area (Å²) in [6.07, 6.45) is 13.7. The van der Waals surface area contributed by atoms with Gasteiger partial charge in [0.15, 0.2) is 0 Å². The topological polar surface area (TPSA) is 50.4 Å². The van der Waals surface area contributed by atoms with E-state index in [2.05, 4.69) is 24.3 Å². The molecule has 4 heteroatoms. The third kappa shape index (κ3) is 4.74. The Morgan fingerprint density at radius 3 is 2.39 bits per heavy atom. The van der Waals surface area contributed by atoms with Gasteiger partial charge in [0, 0.05) is 22.0 Å². The zero-order chi connectivity index (χ0) is 21.3. The lowest BCUT2D eigenvalue weighted by Gasteiger charge is -2.29. The molecule has 2 aromatic rings. The summed E-state index contributed by atoms with van der Waals surface area (Å²) in [5.74, 6) is 1.56. The van der Waals surface area contributed by atoms with E-state index in [4.69, 9.17) is 4.42 Å². The molecule has 3 saturated carbocycles. The van der Waals surface area contributed by atoms with Gasteiger partial charge in [0.05, 0.1) is 5.56 Å². The number of hydrogen-bond acceptors (Lipinski definition) is 4. The monoisotopic (exact) mass is 438 g/mol. The lowest BCUT2D eigenvalue weighted by atomic mass is 9.77. The van der Waals surface area contributed by atoms with Gasteiger partial charge in [-0.2, -0.15) is 0 Å². The molecule has 0 bridgehead atoms. The second-order valence-corrected chi connectivity index (χ2v) is 11.6. The van der Waals surface area contributed by atoms with Crippen molar-refractivity contribution in [3.63, 3.8) is 0 Å². The summed E-state index contributed by atoms with van der Waals surface area (Å²) in [6, 6.07) is 12.3. The predicted octanol–water partition coefficient (Wildman–Crippen LogP) is 6.92. The summed E-state index contributed by atoms with van der Waals surface area (Å²) < 4.78 is 6.07. The van der Waals surface area contributed by atoms with Crippen LogP contribution < -0.4 is 5.63 Å². The lowest BCUT2D eigenvalue weighted by Crippen LogP contribution is -2.27. The van der Waals surface area contributed by atoms with Gasteiger partial charge in [-0.3, -0.25) is 0 Å². The van der Waals surface area contributed by atoms with E-state index >= 15 is 0 Å². The van der Waals surface area contributed by atoms with Gasteiger partial charge in [-0.15, -0.1) is 11.8 Å². The lowest BCUT2D eigenvalue weighted by molar-refractivity contribution is 0.306. The minimum Gasteiger partial charge on any atom is -0.507 e. The second kappa shape index (κ2) is 9.05. The van der Waals surface area contributed by atoms with Crippen LogP contribution in [0.15, 0.2) is 45.6 Å². The zero-order valence-electron chi connectivity index (χ0n) is 18.4. The zero-order valence-corrected chi connectivity index (χ0v) is 19.2. The molecular weight excluding hydrogens is 404 g/mol. The smallest absolute Gasteiger partial charge is 0.344 e. The van der Waals surface area contributed by atoms with Crippen molar-refractivity contribution in [2.75, 3.05) is 0 Å². The predicted molar refractivity (Wildman–Crippen MR) is 127 cm³/mol. The Labute approximate surface area is 189 Å². The maximum atomic E-state index is 13.3. The fourth-order valence-corrected chi connectivity index (χ4v) is 7.56. The largest absolute Gasteiger partial charge is 0.507 e. The fraction of sp³-hybridized carbons (Fsp3) is 0.593. The van der Waals surface area contributed by atoms with E-state index in [1.807, 2.05) is 17.8 Å². The van der Waals surface area contributed by atoms with Gasteiger partial charge in [0.25, 0.3) is 0 Å². The molecule has 166 valence electrons. The summed E-state index contributed by atoms with van der Waals surface area (Å²) in [5, 5.41) is 11.8. The van der Waals surface area contributed by atoms with Crippen molar-refractivity contribution < 1.29 is 9.52 Å². The van der Waals surface area contributed by atoms with E-state index in [1.54, 1.807) is 6.07 Å². The Balaban J connectivity index is 1.46. The number of rotatable bonds is 8. The second-order valence-electron chi connectivity index (χ2n) is 10.1. The Morgan fingerprint density at radius 2 is 1.74 bits per heavy atom. The van der Waals surface area contributed by atoms with Gasteiger partial charge >= 0.3 is 5.63 Å². The van der Waals surface area contributed by atoms with E-state index in [9.17, 15) is 9.90 Å². The van der Waals surface area contributed by atoms with Crippen LogP contribution in [0.5, 0.6) is 5.75 Å². The molecule has 1 aromatic heterocycles. The molecule has 3 aliphatic rings. The van der Waals surface area contributed by atoms with Crippen LogP contribution in [0.25, 0.3) is 0 Å². The normalized spacial score (nSPS) is 22.1. The maximum Gasteiger partial charge on any atom is 0.344 e. The van der Waals surface area contributed by atoms with Crippen molar-refractivity contribution in [1.82, 2.24) is 0 Å². The first-order chi connectivity index (χ1) is 15.1. The molecule has 0 spiro atoms. The van der Waals surface area contributed by atoms with Crippen LogP contribution in [0.4, 0.5) is 0 Å². The molecule has 0 amide bonds. The molecule has 1 atom stereocenters. The highest BCUT2D eigenvalue weighted by Gasteiger charge is 2.40. The average molecular weight is 439 g/mol. The van der Waals surface area contributed by atoms with Crippen LogP contribution in [0.1, 0.15) is 92.8 Å². The minimum absolute atomic E-state index is 0.0644. The number of benzene rings is 1. The highest BCUT2D eigenvalue weighted by Crippen LogP contribution is 2.50. The fourth-order valence-electron chi connectivity index (χ4n) is 5.75. The van der Waals surface area contributed by atoms with E-state index in [0.29, 0.717) is 22.5 Å². The first-order valence-electron chi connectivity index (χ1n) is 12.2. The van der Waals surface area contributed by atoms with Crippen molar-refractivity contribution >= 4 is 11.8 Å². The molecule has 1 unspecified atom stereocenters. The number of hydrogen-bond donors (Lipinski definition) is 1. The van der Waals surface area contributed by atoms with Crippen LogP contribution in [-0.4, -0.2) is 10.4 Å². The third-order valence-electron chi connectivity index (χ3n) is 7.66. The maximum absolute atomic E-state index is 13.3. The Bertz CT molecular complexity index is 935. The molecule has 0 radical (unpaired) electrons. The van der Waals surface area contributed by atoms with Crippen LogP contribution in [0.2, 0.25) is 0 Å². The van der Waals surface area contributed by atoms with E-state index in [-0.39, 0.29) is 22.0 Å². The van der Waals surface area contributed by atoms with Crippen molar-refractivity contribution in [3.05, 3.63) is 63.7 Å². The number of aromatic hydroxyl groups is 1. The first-order valence-corrected chi connectivity index (χ1v) is 13.1. The van der Waals surface area contributed by atoms with E-state index in [0.717, 1.165) is 38.5 Å². The molecule has 3 aliphatic carbocycles. The molecule has 5 rings (SSSR count). The van der Waals surface area contributed by atoms with Crippen LogP contribution in [0.3, 0.4) is 0 Å². The van der Waals surface area contributed by atoms with Crippen molar-refractivity contribution in [3.8, 4) is 5.75 Å². The van der Waals surface area contributed by atoms with Gasteiger partial charge in [0.2, 0.25) is 0 Å². The molecule has 0 aliphatic heterocycles. The van der Waals surface area contributed by atoms with Crippen LogP contribution in [-0.2, 0) is 11.8 Å². The summed E-state index contributed by atoms with van der Waals surface area (Å²) >= 11 is 1.92. The quantitative estimate of drug-likeness (QED) is 0.486. The third-order valence-corrected chi connectivity index (χ3v) is 9.27. The van der Waals surface area contributed by atoms with E-state index < -0.39 is 0 Å². The molecule has 3 fully saturated rings. The summed E-state index contributed by atoms with van der Waals surface area (Å²) in [5.41, 5.74) is 1.31. The SMILES string of the molecule is O=c1oc(C2(Cc3ccccc3)CCCC2)cc(O)c1C(CC1CC1)SC1CCCC1. The van der Waals surface area contributed by atoms with Crippen molar-refractivity contribution in [2.24, 2.45) is 5.92 Å². The Morgan fingerprint density at radius 1 is 1.03 bits per heavy atom. The minimum atomic E-state index is -0.300. The highest BCUT2D eigenvalue weighted by atomic mass is 32.2. The van der Waals surface area contributed by atoms with Crippen LogP contribution >= 0.6 is 11.8 Å². The first kappa shape index (κ1) is 21.2. The Kier molecular flexibility index (Phi) is 6.19. The van der Waals surface area contributed by atoms with Gasteiger partial charge < -0.3 is 9.52 Å². The van der Waals surface area contributed by atoms with Crippen molar-refractivity contribution in [2.45, 2.75) is 93.0 Å². The highest BCUT2D eigenvalue weighted by molar-refractivity contribution is 8.00. The molecule has 0 saturated heterocycles. The molecule has 31 heavy (non-hydrogen) atoms. The standard InChI is InChI=1S/C27H34O3S/c28-22-17-24(27(14-6-7-15-27)18-20-8-2-1-3-9-20)30-26(29)25(22)23(16-19-12-13-19)31-21-10-4-5-11-21/h1-3,8-9,17,19,21,23,28H,4-7,10-16,18H2. The summed E-state index contributed by atoms with van der Waals surface area (Å²) in [6.45, 7) is 0. The van der Waals surface area contributed by atoms with E-state index in [1.165, 1.54) is 44.1 Å². The summed E-state index contributed by atoms with van der Waals surface area (Å²) in [4.78, 5) is 13.3. The average Bonchev–Trinajstić information content (AvgIpc) is 3.21. The van der Waals surface area contributed by atoms with Crippen LogP contribution in [0, 0.1) is 5.92 Å². The van der Waals surface area contributed by atoms with Gasteiger partial charge in [0.1, 0.15) is 11.5 Å². The number of thioether (sulfide) groups is 1. The molecule has 3 nitrogen and oxygen atoms in total. The summed E-state index contributed by atoms with van der Waals surface area (Å²) in [7, 11) is 0. The molecular formula is C27H34O3S. The van der Waals surface area contributed by atoms with Gasteiger partial charge in [-0.05, 0) is 50.0 Å². The van der Waals surface area contributed by atoms with Gasteiger partial charge in [-0.1, -0.05) is 68.9 Å².